The lowest BCUT2D eigenvalue weighted by molar-refractivity contribution is -0.149. The lowest BCUT2D eigenvalue weighted by atomic mass is 9.92. The van der Waals surface area contributed by atoms with Gasteiger partial charge in [0.1, 0.15) is 0 Å². The fraction of sp³-hybridized carbons (Fsp3) is 0.579. The van der Waals surface area contributed by atoms with Crippen molar-refractivity contribution < 1.29 is 48.2 Å². The van der Waals surface area contributed by atoms with Crippen LogP contribution in [0.25, 0.3) is 0 Å². The van der Waals surface area contributed by atoms with Crippen LogP contribution in [0.3, 0.4) is 0 Å². The van der Waals surface area contributed by atoms with Gasteiger partial charge in [-0.2, -0.15) is 9.98 Å². The Kier molecular flexibility index (Phi) is 31.1. The lowest BCUT2D eigenvalue weighted by Gasteiger charge is -2.30. The average Bonchev–Trinajstić information content (AvgIpc) is 2.78. The number of isocyanates is 2. The molecule has 0 aromatic heterocycles. The SMILES string of the molecule is C=COCOCC(CO)(COCOC=C)COCOC=C.CCO.O=C=NCN=C=O. The van der Waals surface area contributed by atoms with E-state index in [9.17, 15) is 14.7 Å². The minimum Gasteiger partial charge on any atom is -0.476 e. The molecule has 31 heavy (non-hydrogen) atoms. The number of aliphatic hydroxyl groups is 2. The van der Waals surface area contributed by atoms with Crippen LogP contribution in [-0.2, 0) is 38.0 Å². The molecule has 0 saturated heterocycles. The largest absolute Gasteiger partial charge is 0.476 e. The van der Waals surface area contributed by atoms with Gasteiger partial charge in [0.25, 0.3) is 0 Å². The van der Waals surface area contributed by atoms with Gasteiger partial charge < -0.3 is 38.6 Å². The number of ether oxygens (including phenoxy) is 6. The molecule has 0 unspecified atom stereocenters. The van der Waals surface area contributed by atoms with Crippen LogP contribution in [0.2, 0.25) is 0 Å². The second kappa shape index (κ2) is 29.4. The highest BCUT2D eigenvalue weighted by molar-refractivity contribution is 5.35. The maximum absolute atomic E-state index is 9.62. The zero-order valence-corrected chi connectivity index (χ0v) is 17.8. The molecule has 12 heteroatoms. The molecule has 0 saturated carbocycles. The van der Waals surface area contributed by atoms with E-state index in [1.165, 1.54) is 30.9 Å². The monoisotopic (exact) mass is 448 g/mol. The Morgan fingerprint density at radius 1 is 0.806 bits per heavy atom. The summed E-state index contributed by atoms with van der Waals surface area (Å²) in [7, 11) is 0. The van der Waals surface area contributed by atoms with E-state index in [0.29, 0.717) is 0 Å². The van der Waals surface area contributed by atoms with Crippen LogP contribution >= 0.6 is 0 Å². The van der Waals surface area contributed by atoms with Crippen LogP contribution in [0, 0.1) is 5.41 Å². The standard InChI is InChI=1S/C14H24O7.C3H2N2O2.C2H6O/c1-4-16-11-19-8-14(7-15,9-20-12-17-5-2)10-21-13-18-6-3;6-2-4-1-5-3-7;1-2-3/h4-6,15H,1-3,7-13H2;1H2;3H,2H2,1H3. The van der Waals surface area contributed by atoms with Crippen molar-refractivity contribution in [2.75, 3.05) is 60.1 Å². The molecule has 2 N–H and O–H groups in total. The number of aliphatic hydroxyl groups excluding tert-OH is 2. The van der Waals surface area contributed by atoms with Crippen LogP contribution in [0.1, 0.15) is 6.92 Å². The van der Waals surface area contributed by atoms with E-state index in [-0.39, 0.29) is 60.1 Å². The van der Waals surface area contributed by atoms with Crippen molar-refractivity contribution in [3.63, 3.8) is 0 Å². The summed E-state index contributed by atoms with van der Waals surface area (Å²) in [5.41, 5.74) is -0.764. The Labute approximate surface area is 182 Å². The second-order valence-electron chi connectivity index (χ2n) is 5.01. The predicted molar refractivity (Wildman–Crippen MR) is 110 cm³/mol. The Morgan fingerprint density at radius 2 is 1.13 bits per heavy atom. The summed E-state index contributed by atoms with van der Waals surface area (Å²) < 4.78 is 30.5. The molecule has 0 aliphatic rings. The zero-order valence-electron chi connectivity index (χ0n) is 17.8. The smallest absolute Gasteiger partial charge is 0.236 e. The van der Waals surface area contributed by atoms with Gasteiger partial charge in [0.15, 0.2) is 27.0 Å². The molecule has 0 rings (SSSR count). The number of hydrogen-bond acceptors (Lipinski definition) is 12. The number of hydrogen-bond donors (Lipinski definition) is 2. The molecule has 0 aliphatic carbocycles. The van der Waals surface area contributed by atoms with Gasteiger partial charge in [-0.1, -0.05) is 19.7 Å². The first-order chi connectivity index (χ1) is 15.1. The number of aliphatic imine (C=N–C) groups is 2. The van der Waals surface area contributed by atoms with Crippen LogP contribution in [0.4, 0.5) is 0 Å². The maximum Gasteiger partial charge on any atom is 0.236 e. The van der Waals surface area contributed by atoms with Crippen LogP contribution in [0.15, 0.2) is 48.5 Å². The van der Waals surface area contributed by atoms with Crippen LogP contribution in [-0.4, -0.2) is 82.5 Å². The van der Waals surface area contributed by atoms with Gasteiger partial charge in [0, 0.05) is 6.61 Å². The van der Waals surface area contributed by atoms with Gasteiger partial charge in [-0.3, -0.25) is 0 Å². The molecule has 0 aliphatic heterocycles. The van der Waals surface area contributed by atoms with Gasteiger partial charge in [0.2, 0.25) is 12.2 Å². The molecule has 0 fully saturated rings. The van der Waals surface area contributed by atoms with Crippen LogP contribution in [0.5, 0.6) is 0 Å². The highest BCUT2D eigenvalue weighted by atomic mass is 16.7. The molecule has 0 aromatic carbocycles. The Bertz CT molecular complexity index is 461. The van der Waals surface area contributed by atoms with E-state index in [1.54, 1.807) is 6.92 Å². The normalized spacial score (nSPS) is 9.13. The summed E-state index contributed by atoms with van der Waals surface area (Å²) in [6, 6.07) is 0. The molecule has 0 radical (unpaired) electrons. The Morgan fingerprint density at radius 3 is 1.35 bits per heavy atom. The van der Waals surface area contributed by atoms with Crippen LogP contribution < -0.4 is 0 Å². The summed E-state index contributed by atoms with van der Waals surface area (Å²) in [6.45, 7) is 12.3. The van der Waals surface area contributed by atoms with Gasteiger partial charge in [0.05, 0.1) is 50.6 Å². The van der Waals surface area contributed by atoms with E-state index in [4.69, 9.17) is 33.5 Å². The van der Waals surface area contributed by atoms with Gasteiger partial charge in [-0.05, 0) is 6.92 Å². The number of rotatable bonds is 18. The molecule has 178 valence electrons. The van der Waals surface area contributed by atoms with Crippen molar-refractivity contribution in [2.45, 2.75) is 6.92 Å². The van der Waals surface area contributed by atoms with Gasteiger partial charge in [-0.25, -0.2) is 9.59 Å². The van der Waals surface area contributed by atoms with E-state index < -0.39 is 5.41 Å². The molecular formula is C19H32N2O10. The number of carbonyl (C=O) groups excluding carboxylic acids is 2. The molecule has 0 heterocycles. The van der Waals surface area contributed by atoms with Crippen molar-refractivity contribution in [3.05, 3.63) is 38.5 Å². The molecule has 0 bridgehead atoms. The summed E-state index contributed by atoms with van der Waals surface area (Å²) in [5.74, 6) is 0. The third-order valence-corrected chi connectivity index (χ3v) is 2.64. The number of nitrogens with zero attached hydrogens (tertiary/aromatic N) is 2. The third kappa shape index (κ3) is 27.2. The van der Waals surface area contributed by atoms with Gasteiger partial charge in [-0.15, -0.1) is 0 Å². The fourth-order valence-corrected chi connectivity index (χ4v) is 1.42. The first-order valence-corrected chi connectivity index (χ1v) is 8.77. The molecule has 0 atom stereocenters. The highest BCUT2D eigenvalue weighted by Gasteiger charge is 2.31. The fourth-order valence-electron chi connectivity index (χ4n) is 1.42. The summed E-state index contributed by atoms with van der Waals surface area (Å²) in [4.78, 5) is 24.2. The van der Waals surface area contributed by atoms with E-state index >= 15 is 0 Å². The average molecular weight is 448 g/mol. The summed E-state index contributed by atoms with van der Waals surface area (Å²) >= 11 is 0. The highest BCUT2D eigenvalue weighted by Crippen LogP contribution is 2.19. The zero-order chi connectivity index (χ0) is 24.1. The second-order valence-corrected chi connectivity index (χ2v) is 5.01. The quantitative estimate of drug-likeness (QED) is 0.102. The maximum atomic E-state index is 9.62. The third-order valence-electron chi connectivity index (χ3n) is 2.64. The van der Waals surface area contributed by atoms with Crippen molar-refractivity contribution in [1.82, 2.24) is 0 Å². The first-order valence-electron chi connectivity index (χ1n) is 8.77. The van der Waals surface area contributed by atoms with E-state index in [2.05, 4.69) is 29.7 Å². The molecule has 0 amide bonds. The van der Waals surface area contributed by atoms with Crippen molar-refractivity contribution >= 4 is 12.2 Å². The minimum atomic E-state index is -0.764. The summed E-state index contributed by atoms with van der Waals surface area (Å²) in [6.07, 6.45) is 6.21. The molecule has 12 nitrogen and oxygen atoms in total. The Hall–Kier alpha value is -2.82. The van der Waals surface area contributed by atoms with E-state index in [0.717, 1.165) is 0 Å². The lowest BCUT2D eigenvalue weighted by Crippen LogP contribution is -2.41. The predicted octanol–water partition coefficient (Wildman–Crippen LogP) is 0.982. The minimum absolute atomic E-state index is 0.0254. The molecule has 0 aromatic rings. The van der Waals surface area contributed by atoms with Crippen molar-refractivity contribution in [3.8, 4) is 0 Å². The van der Waals surface area contributed by atoms with Crippen molar-refractivity contribution in [2.24, 2.45) is 15.4 Å². The van der Waals surface area contributed by atoms with Crippen molar-refractivity contribution in [1.29, 1.82) is 0 Å². The van der Waals surface area contributed by atoms with E-state index in [1.807, 2.05) is 0 Å². The first kappa shape index (κ1) is 32.8. The molecule has 0 spiro atoms. The topological polar surface area (TPSA) is 155 Å². The van der Waals surface area contributed by atoms with Gasteiger partial charge >= 0.3 is 0 Å². The molecular weight excluding hydrogens is 416 g/mol. The Balaban J connectivity index is -0.000000650. The summed E-state index contributed by atoms with van der Waals surface area (Å²) in [5, 5.41) is 17.2.